The van der Waals surface area contributed by atoms with Crippen LogP contribution in [0.15, 0.2) is 35.2 Å². The second-order valence-electron chi connectivity index (χ2n) is 7.00. The summed E-state index contributed by atoms with van der Waals surface area (Å²) < 4.78 is 32.7. The number of hydrogen-bond donors (Lipinski definition) is 3. The van der Waals surface area contributed by atoms with Crippen molar-refractivity contribution in [3.05, 3.63) is 30.3 Å². The van der Waals surface area contributed by atoms with Gasteiger partial charge in [0.15, 0.2) is 8.32 Å². The molecule has 3 N–H and O–H groups in total. The highest BCUT2D eigenvalue weighted by molar-refractivity contribution is 7.89. The van der Waals surface area contributed by atoms with Crippen LogP contribution in [0.3, 0.4) is 0 Å². The zero-order valence-electron chi connectivity index (χ0n) is 14.3. The van der Waals surface area contributed by atoms with Crippen molar-refractivity contribution in [2.45, 2.75) is 49.8 Å². The van der Waals surface area contributed by atoms with Crippen molar-refractivity contribution in [2.24, 2.45) is 0 Å². The van der Waals surface area contributed by atoms with Crippen LogP contribution in [0.4, 0.5) is 0 Å². The van der Waals surface area contributed by atoms with Crippen molar-refractivity contribution in [1.29, 1.82) is 0 Å². The Morgan fingerprint density at radius 2 is 1.74 bits per heavy atom. The maximum atomic E-state index is 12.2. The summed E-state index contributed by atoms with van der Waals surface area (Å²) >= 11 is 0. The van der Waals surface area contributed by atoms with Gasteiger partial charge >= 0.3 is 7.12 Å². The van der Waals surface area contributed by atoms with Crippen molar-refractivity contribution < 1.29 is 22.9 Å². The Balaban J connectivity index is 2.83. The van der Waals surface area contributed by atoms with Gasteiger partial charge in [-0.3, -0.25) is 0 Å². The van der Waals surface area contributed by atoms with E-state index in [0.29, 0.717) is 0 Å². The summed E-state index contributed by atoms with van der Waals surface area (Å²) in [5, 5.41) is 18.9. The predicted molar refractivity (Wildman–Crippen MR) is 93.9 cm³/mol. The lowest BCUT2D eigenvalue weighted by Gasteiger charge is -2.39. The van der Waals surface area contributed by atoms with Crippen LogP contribution in [-0.4, -0.2) is 46.4 Å². The van der Waals surface area contributed by atoms with Crippen LogP contribution >= 0.6 is 0 Å². The lowest BCUT2D eigenvalue weighted by atomic mass is 9.83. The van der Waals surface area contributed by atoms with Gasteiger partial charge in [-0.25, -0.2) is 13.1 Å². The molecule has 1 atom stereocenters. The van der Waals surface area contributed by atoms with Crippen LogP contribution < -0.4 is 4.72 Å². The van der Waals surface area contributed by atoms with Gasteiger partial charge in [-0.05, 0) is 30.3 Å². The Morgan fingerprint density at radius 1 is 1.22 bits per heavy atom. The third kappa shape index (κ3) is 5.70. The van der Waals surface area contributed by atoms with E-state index in [1.54, 1.807) is 18.2 Å². The Bertz CT molecular complexity index is 601. The number of benzene rings is 1. The molecule has 0 saturated heterocycles. The first kappa shape index (κ1) is 20.3. The molecule has 0 aliphatic rings. The third-order valence-corrected chi connectivity index (χ3v) is 10.1. The summed E-state index contributed by atoms with van der Waals surface area (Å²) in [6.07, 6.45) is 0. The minimum atomic E-state index is -3.72. The zero-order valence-corrected chi connectivity index (χ0v) is 16.1. The van der Waals surface area contributed by atoms with Gasteiger partial charge < -0.3 is 14.5 Å². The third-order valence-electron chi connectivity index (χ3n) is 4.11. The van der Waals surface area contributed by atoms with E-state index < -0.39 is 31.5 Å². The van der Waals surface area contributed by atoms with Crippen LogP contribution in [0.5, 0.6) is 0 Å². The largest absolute Gasteiger partial charge is 0.482 e. The summed E-state index contributed by atoms with van der Waals surface area (Å²) in [4.78, 5) is 0.124. The molecule has 6 nitrogen and oxygen atoms in total. The maximum Gasteiger partial charge on any atom is 0.482 e. The molecule has 0 unspecified atom stereocenters. The molecule has 0 spiro atoms. The van der Waals surface area contributed by atoms with E-state index >= 15 is 0 Å². The van der Waals surface area contributed by atoms with Gasteiger partial charge in [0.2, 0.25) is 10.0 Å². The van der Waals surface area contributed by atoms with Gasteiger partial charge in [0.25, 0.3) is 0 Å². The minimum absolute atomic E-state index is 0.124. The van der Waals surface area contributed by atoms with Gasteiger partial charge in [0.05, 0.1) is 10.9 Å². The highest BCUT2D eigenvalue weighted by Crippen LogP contribution is 2.37. The van der Waals surface area contributed by atoms with Crippen molar-refractivity contribution >= 4 is 25.5 Å². The van der Waals surface area contributed by atoms with Gasteiger partial charge in [-0.15, -0.1) is 0 Å². The van der Waals surface area contributed by atoms with Crippen LogP contribution in [-0.2, 0) is 14.4 Å². The van der Waals surface area contributed by atoms with Crippen molar-refractivity contribution in [1.82, 2.24) is 4.72 Å². The molecule has 9 heteroatoms. The number of rotatable bonds is 7. The molecule has 0 fully saturated rings. The Labute approximate surface area is 140 Å². The van der Waals surface area contributed by atoms with Gasteiger partial charge in [-0.2, -0.15) is 0 Å². The van der Waals surface area contributed by atoms with Gasteiger partial charge in [0.1, 0.15) is 0 Å². The molecule has 1 aromatic rings. The molecule has 0 heterocycles. The topological polar surface area (TPSA) is 95.9 Å². The van der Waals surface area contributed by atoms with E-state index in [1.165, 1.54) is 12.1 Å². The fourth-order valence-corrected chi connectivity index (χ4v) is 4.02. The molecule has 23 heavy (non-hydrogen) atoms. The average molecular weight is 359 g/mol. The molecule has 0 aromatic heterocycles. The lowest BCUT2D eigenvalue weighted by molar-refractivity contribution is 0.203. The Hall–Kier alpha value is -0.708. The van der Waals surface area contributed by atoms with Crippen LogP contribution in [0.25, 0.3) is 0 Å². The predicted octanol–water partition coefficient (Wildman–Crippen LogP) is 1.37. The highest BCUT2D eigenvalue weighted by Gasteiger charge is 2.41. The first-order valence-corrected chi connectivity index (χ1v) is 11.8. The van der Waals surface area contributed by atoms with Crippen LogP contribution in [0.1, 0.15) is 20.8 Å². The van der Waals surface area contributed by atoms with E-state index in [9.17, 15) is 18.5 Å². The van der Waals surface area contributed by atoms with E-state index in [1.807, 2.05) is 33.9 Å². The molecule has 0 bridgehead atoms. The quantitative estimate of drug-likeness (QED) is 0.639. The van der Waals surface area contributed by atoms with Crippen molar-refractivity contribution in [2.75, 3.05) is 6.54 Å². The highest BCUT2D eigenvalue weighted by atomic mass is 32.2. The van der Waals surface area contributed by atoms with Gasteiger partial charge in [0, 0.05) is 6.54 Å². The SMILES string of the molecule is CC(C)(C)[Si](C)(C)O[C@@H](CNS(=O)(=O)c1ccccc1)B(O)O. The summed E-state index contributed by atoms with van der Waals surface area (Å²) in [6, 6.07) is 6.90. The molecular weight excluding hydrogens is 333 g/mol. The molecule has 0 aliphatic carbocycles. The van der Waals surface area contributed by atoms with E-state index in [2.05, 4.69) is 4.72 Å². The lowest BCUT2D eigenvalue weighted by Crippen LogP contribution is -2.52. The summed E-state index contributed by atoms with van der Waals surface area (Å²) in [5.41, 5.74) is 0. The fourth-order valence-electron chi connectivity index (χ4n) is 1.64. The summed E-state index contributed by atoms with van der Waals surface area (Å²) in [6.45, 7) is 9.79. The van der Waals surface area contributed by atoms with Gasteiger partial charge in [-0.1, -0.05) is 39.0 Å². The summed E-state index contributed by atoms with van der Waals surface area (Å²) in [5.74, 6) is 0. The smallest absolute Gasteiger partial charge is 0.425 e. The normalized spacial score (nSPS) is 14.6. The minimum Gasteiger partial charge on any atom is -0.425 e. The molecule has 0 saturated carbocycles. The molecular formula is C14H26BNO5SSi. The van der Waals surface area contributed by atoms with Crippen LogP contribution in [0.2, 0.25) is 18.1 Å². The first-order valence-electron chi connectivity index (χ1n) is 7.45. The maximum absolute atomic E-state index is 12.2. The molecule has 1 aromatic carbocycles. The van der Waals surface area contributed by atoms with Crippen LogP contribution in [0, 0.1) is 0 Å². The van der Waals surface area contributed by atoms with Crippen molar-refractivity contribution in [3.63, 3.8) is 0 Å². The first-order chi connectivity index (χ1) is 10.4. The Kier molecular flexibility index (Phi) is 6.59. The average Bonchev–Trinajstić information content (AvgIpc) is 2.43. The second kappa shape index (κ2) is 7.46. The number of nitrogens with one attached hydrogen (secondary N) is 1. The standard InChI is InChI=1S/C14H26BNO5SSi/c1-14(2,3)23(4,5)21-13(15(17)18)11-16-22(19,20)12-9-7-6-8-10-12/h6-10,13,16-18H,11H2,1-5H3/t13-/m0/s1. The molecule has 0 radical (unpaired) electrons. The van der Waals surface area contributed by atoms with Crippen molar-refractivity contribution in [3.8, 4) is 0 Å². The fraction of sp³-hybridized carbons (Fsp3) is 0.571. The number of sulfonamides is 1. The Morgan fingerprint density at radius 3 is 2.17 bits per heavy atom. The zero-order chi connectivity index (χ0) is 17.9. The second-order valence-corrected chi connectivity index (χ2v) is 13.5. The van der Waals surface area contributed by atoms with E-state index in [-0.39, 0.29) is 16.5 Å². The monoisotopic (exact) mass is 359 g/mol. The molecule has 130 valence electrons. The number of hydrogen-bond acceptors (Lipinski definition) is 5. The summed E-state index contributed by atoms with van der Waals surface area (Å²) in [7, 11) is -7.74. The molecule has 1 rings (SSSR count). The van der Waals surface area contributed by atoms with E-state index in [0.717, 1.165) is 0 Å². The molecule has 0 aliphatic heterocycles. The van der Waals surface area contributed by atoms with E-state index in [4.69, 9.17) is 4.43 Å². The molecule has 0 amide bonds.